The summed E-state index contributed by atoms with van der Waals surface area (Å²) >= 11 is 0.0751. The zero-order valence-electron chi connectivity index (χ0n) is 9.46. The SMILES string of the molecule is O=C(O)c1c(-c2ccccc2)[se]c2ccccc12. The van der Waals surface area contributed by atoms with Crippen LogP contribution in [0.2, 0.25) is 0 Å². The average Bonchev–Trinajstić information content (AvgIpc) is 2.79. The van der Waals surface area contributed by atoms with E-state index >= 15 is 0 Å². The fraction of sp³-hybridized carbons (Fsp3) is 0. The molecule has 3 heteroatoms. The van der Waals surface area contributed by atoms with Gasteiger partial charge in [-0.15, -0.1) is 0 Å². The molecule has 2 nitrogen and oxygen atoms in total. The Morgan fingerprint density at radius 3 is 2.33 bits per heavy atom. The van der Waals surface area contributed by atoms with Crippen molar-refractivity contribution >= 4 is 30.1 Å². The third-order valence-corrected chi connectivity index (χ3v) is 5.40. The van der Waals surface area contributed by atoms with Crippen LogP contribution in [0.15, 0.2) is 54.6 Å². The molecule has 0 spiro atoms. The Morgan fingerprint density at radius 2 is 1.61 bits per heavy atom. The van der Waals surface area contributed by atoms with Gasteiger partial charge in [0.1, 0.15) is 0 Å². The van der Waals surface area contributed by atoms with E-state index in [0.29, 0.717) is 5.56 Å². The summed E-state index contributed by atoms with van der Waals surface area (Å²) in [5.74, 6) is -0.833. The molecular weight excluding hydrogens is 291 g/mol. The summed E-state index contributed by atoms with van der Waals surface area (Å²) in [6.45, 7) is 0. The van der Waals surface area contributed by atoms with Gasteiger partial charge in [0.15, 0.2) is 0 Å². The summed E-state index contributed by atoms with van der Waals surface area (Å²) in [4.78, 5) is 11.5. The molecule has 88 valence electrons. The molecule has 1 heterocycles. The summed E-state index contributed by atoms with van der Waals surface area (Å²) < 4.78 is 2.12. The Kier molecular flexibility index (Phi) is 2.78. The van der Waals surface area contributed by atoms with Crippen molar-refractivity contribution in [3.8, 4) is 10.0 Å². The second-order valence-electron chi connectivity index (χ2n) is 3.97. The number of carboxylic acids is 1. The minimum absolute atomic E-state index is 0.0751. The molecular formula is C15H10O2Se. The van der Waals surface area contributed by atoms with Gasteiger partial charge in [0.25, 0.3) is 0 Å². The number of hydrogen-bond acceptors (Lipinski definition) is 1. The van der Waals surface area contributed by atoms with Crippen molar-refractivity contribution in [3.63, 3.8) is 0 Å². The third kappa shape index (κ3) is 1.78. The molecule has 1 aromatic heterocycles. The molecule has 18 heavy (non-hydrogen) atoms. The number of aromatic carboxylic acids is 1. The van der Waals surface area contributed by atoms with Gasteiger partial charge in [-0.25, -0.2) is 0 Å². The Morgan fingerprint density at radius 1 is 0.944 bits per heavy atom. The molecule has 0 aliphatic carbocycles. The topological polar surface area (TPSA) is 37.3 Å². The van der Waals surface area contributed by atoms with E-state index in [9.17, 15) is 9.90 Å². The first kappa shape index (κ1) is 11.3. The summed E-state index contributed by atoms with van der Waals surface area (Å²) in [6.07, 6.45) is 0. The first-order valence-electron chi connectivity index (χ1n) is 5.57. The molecule has 2 aromatic carbocycles. The van der Waals surface area contributed by atoms with E-state index in [-0.39, 0.29) is 14.5 Å². The number of carboxylic acid groups (broad SMARTS) is 1. The van der Waals surface area contributed by atoms with E-state index in [1.165, 1.54) is 0 Å². The zero-order valence-corrected chi connectivity index (χ0v) is 11.2. The number of carbonyl (C=O) groups is 1. The van der Waals surface area contributed by atoms with Crippen molar-refractivity contribution in [2.75, 3.05) is 0 Å². The van der Waals surface area contributed by atoms with E-state index in [4.69, 9.17) is 0 Å². The van der Waals surface area contributed by atoms with Crippen LogP contribution in [0, 0.1) is 0 Å². The van der Waals surface area contributed by atoms with Crippen LogP contribution < -0.4 is 0 Å². The third-order valence-electron chi connectivity index (χ3n) is 2.85. The van der Waals surface area contributed by atoms with Gasteiger partial charge in [-0.1, -0.05) is 0 Å². The van der Waals surface area contributed by atoms with Crippen molar-refractivity contribution in [1.29, 1.82) is 0 Å². The van der Waals surface area contributed by atoms with Gasteiger partial charge in [0.2, 0.25) is 0 Å². The standard InChI is InChI=1S/C15H10O2Se/c16-15(17)13-11-8-4-5-9-12(11)18-14(13)10-6-2-1-3-7-10/h1-9H,(H,16,17). The van der Waals surface area contributed by atoms with E-state index in [0.717, 1.165) is 19.6 Å². The van der Waals surface area contributed by atoms with Crippen LogP contribution in [-0.4, -0.2) is 25.6 Å². The molecule has 0 aliphatic rings. The van der Waals surface area contributed by atoms with E-state index in [2.05, 4.69) is 0 Å². The Balaban J connectivity index is 2.36. The molecule has 3 aromatic rings. The Bertz CT molecular complexity index is 714. The van der Waals surface area contributed by atoms with Gasteiger partial charge in [0, 0.05) is 0 Å². The predicted octanol–water partition coefficient (Wildman–Crippen LogP) is 3.26. The van der Waals surface area contributed by atoms with E-state index in [1.807, 2.05) is 54.6 Å². The van der Waals surface area contributed by atoms with Gasteiger partial charge < -0.3 is 0 Å². The quantitative estimate of drug-likeness (QED) is 0.738. The van der Waals surface area contributed by atoms with Crippen LogP contribution in [-0.2, 0) is 0 Å². The number of fused-ring (bicyclic) bond motifs is 1. The molecule has 0 aliphatic heterocycles. The van der Waals surface area contributed by atoms with Crippen LogP contribution in [0.5, 0.6) is 0 Å². The monoisotopic (exact) mass is 302 g/mol. The second-order valence-corrected chi connectivity index (χ2v) is 6.18. The molecule has 0 fully saturated rings. The molecule has 0 saturated heterocycles. The second kappa shape index (κ2) is 4.45. The van der Waals surface area contributed by atoms with Crippen molar-refractivity contribution in [1.82, 2.24) is 0 Å². The number of benzene rings is 2. The molecule has 0 saturated carbocycles. The first-order chi connectivity index (χ1) is 8.77. The Hall–Kier alpha value is -1.83. The van der Waals surface area contributed by atoms with Gasteiger partial charge in [-0.05, 0) is 0 Å². The summed E-state index contributed by atoms with van der Waals surface area (Å²) in [5, 5.41) is 10.3. The molecule has 1 N–H and O–H groups in total. The van der Waals surface area contributed by atoms with Crippen molar-refractivity contribution < 1.29 is 9.90 Å². The normalized spacial score (nSPS) is 10.7. The molecule has 0 radical (unpaired) electrons. The molecule has 0 amide bonds. The summed E-state index contributed by atoms with van der Waals surface area (Å²) in [5.41, 5.74) is 1.49. The van der Waals surface area contributed by atoms with Gasteiger partial charge in [-0.3, -0.25) is 0 Å². The Labute approximate surface area is 110 Å². The minimum atomic E-state index is -0.833. The van der Waals surface area contributed by atoms with Crippen LogP contribution in [0.4, 0.5) is 0 Å². The molecule has 0 bridgehead atoms. The molecule has 0 atom stereocenters. The summed E-state index contributed by atoms with van der Waals surface area (Å²) in [7, 11) is 0. The van der Waals surface area contributed by atoms with E-state index in [1.54, 1.807) is 0 Å². The summed E-state index contributed by atoms with van der Waals surface area (Å²) in [6, 6.07) is 17.6. The van der Waals surface area contributed by atoms with E-state index < -0.39 is 5.97 Å². The molecule has 3 rings (SSSR count). The maximum absolute atomic E-state index is 11.5. The van der Waals surface area contributed by atoms with Gasteiger partial charge in [0.05, 0.1) is 0 Å². The van der Waals surface area contributed by atoms with Crippen molar-refractivity contribution in [2.45, 2.75) is 0 Å². The van der Waals surface area contributed by atoms with Crippen LogP contribution >= 0.6 is 0 Å². The zero-order chi connectivity index (χ0) is 12.5. The van der Waals surface area contributed by atoms with Gasteiger partial charge >= 0.3 is 110 Å². The van der Waals surface area contributed by atoms with Crippen LogP contribution in [0.25, 0.3) is 19.6 Å². The number of hydrogen-bond donors (Lipinski definition) is 1. The van der Waals surface area contributed by atoms with Crippen LogP contribution in [0.3, 0.4) is 0 Å². The van der Waals surface area contributed by atoms with Crippen molar-refractivity contribution in [3.05, 3.63) is 60.2 Å². The maximum atomic E-state index is 11.5. The van der Waals surface area contributed by atoms with Crippen molar-refractivity contribution in [2.24, 2.45) is 0 Å². The predicted molar refractivity (Wildman–Crippen MR) is 73.3 cm³/mol. The fourth-order valence-corrected chi connectivity index (χ4v) is 4.57. The average molecular weight is 301 g/mol. The molecule has 0 unspecified atom stereocenters. The van der Waals surface area contributed by atoms with Gasteiger partial charge in [-0.2, -0.15) is 0 Å². The van der Waals surface area contributed by atoms with Crippen LogP contribution in [0.1, 0.15) is 10.4 Å². The first-order valence-corrected chi connectivity index (χ1v) is 7.29. The number of rotatable bonds is 2. The fourth-order valence-electron chi connectivity index (χ4n) is 2.05.